The van der Waals surface area contributed by atoms with E-state index < -0.39 is 0 Å². The molecule has 0 spiro atoms. The summed E-state index contributed by atoms with van der Waals surface area (Å²) in [5, 5.41) is 0. The molecule has 1 nitrogen and oxygen atoms in total. The monoisotopic (exact) mass is 287 g/mol. The van der Waals surface area contributed by atoms with Crippen LogP contribution in [0.1, 0.15) is 27.7 Å². The first-order valence-electron chi connectivity index (χ1n) is 4.69. The lowest BCUT2D eigenvalue weighted by Gasteiger charge is -2.14. The van der Waals surface area contributed by atoms with E-state index in [1.165, 1.54) is 11.1 Å². The highest BCUT2D eigenvalue weighted by Gasteiger charge is 2.26. The fourth-order valence-electron chi connectivity index (χ4n) is 1.99. The van der Waals surface area contributed by atoms with E-state index in [-0.39, 0.29) is 0 Å². The van der Waals surface area contributed by atoms with Crippen molar-refractivity contribution < 1.29 is 0 Å². The topological polar surface area (TPSA) is 3.24 Å². The molecule has 2 rings (SSSR count). The Labute approximate surface area is 93.3 Å². The average molecular weight is 287 g/mol. The summed E-state index contributed by atoms with van der Waals surface area (Å²) in [6, 6.07) is 6.69. The second kappa shape index (κ2) is 3.58. The molecule has 13 heavy (non-hydrogen) atoms. The zero-order valence-electron chi connectivity index (χ0n) is 8.05. The van der Waals surface area contributed by atoms with Crippen LogP contribution in [0.15, 0.2) is 18.2 Å². The fourth-order valence-corrected chi connectivity index (χ4v) is 2.98. The number of rotatable bonds is 1. The maximum absolute atomic E-state index is 2.52. The van der Waals surface area contributed by atoms with Gasteiger partial charge in [-0.05, 0) is 30.2 Å². The van der Waals surface area contributed by atoms with E-state index in [1.54, 1.807) is 5.56 Å². The molecule has 0 fully saturated rings. The number of hydrogen-bond acceptors (Lipinski definition) is 1. The van der Waals surface area contributed by atoms with Gasteiger partial charge in [0.15, 0.2) is 0 Å². The number of fused-ring (bicyclic) bond motifs is 1. The largest absolute Gasteiger partial charge is 0.287 e. The maximum atomic E-state index is 2.52. The molecule has 2 heteroatoms. The van der Waals surface area contributed by atoms with Crippen LogP contribution in [0.4, 0.5) is 0 Å². The van der Waals surface area contributed by atoms with E-state index in [2.05, 4.69) is 59.7 Å². The van der Waals surface area contributed by atoms with Gasteiger partial charge in [0.2, 0.25) is 0 Å². The summed E-state index contributed by atoms with van der Waals surface area (Å²) in [6.07, 6.45) is 1.15. The van der Waals surface area contributed by atoms with Gasteiger partial charge in [-0.2, -0.15) is 0 Å². The minimum atomic E-state index is 0.573. The second-order valence-electron chi connectivity index (χ2n) is 3.59. The summed E-state index contributed by atoms with van der Waals surface area (Å²) in [6.45, 7) is 3.34. The van der Waals surface area contributed by atoms with Gasteiger partial charge in [0.1, 0.15) is 0 Å². The van der Waals surface area contributed by atoms with Crippen molar-refractivity contribution in [2.24, 2.45) is 0 Å². The van der Waals surface area contributed by atoms with Crippen molar-refractivity contribution in [1.82, 2.24) is 4.90 Å². The van der Waals surface area contributed by atoms with Crippen LogP contribution in [0.25, 0.3) is 0 Å². The SMILES string of the molecule is CCc1cccc2c1C(I)N(C)C2. The van der Waals surface area contributed by atoms with Gasteiger partial charge in [-0.3, -0.25) is 4.90 Å². The Bertz CT molecular complexity index is 322. The van der Waals surface area contributed by atoms with Crippen molar-refractivity contribution in [3.05, 3.63) is 34.9 Å². The highest BCUT2D eigenvalue weighted by atomic mass is 127. The number of halogens is 1. The van der Waals surface area contributed by atoms with Gasteiger partial charge in [-0.1, -0.05) is 47.7 Å². The Kier molecular flexibility index (Phi) is 2.60. The van der Waals surface area contributed by atoms with E-state index in [9.17, 15) is 0 Å². The minimum Gasteiger partial charge on any atom is -0.287 e. The quantitative estimate of drug-likeness (QED) is 0.436. The first-order chi connectivity index (χ1) is 6.24. The van der Waals surface area contributed by atoms with Crippen LogP contribution in [-0.4, -0.2) is 11.9 Å². The highest BCUT2D eigenvalue weighted by molar-refractivity contribution is 14.1. The van der Waals surface area contributed by atoms with Crippen molar-refractivity contribution in [3.63, 3.8) is 0 Å². The summed E-state index contributed by atoms with van der Waals surface area (Å²) in [7, 11) is 2.19. The van der Waals surface area contributed by atoms with Gasteiger partial charge in [-0.15, -0.1) is 0 Å². The summed E-state index contributed by atoms with van der Waals surface area (Å²) in [5.74, 6) is 0. The highest BCUT2D eigenvalue weighted by Crippen LogP contribution is 2.39. The molecule has 0 amide bonds. The van der Waals surface area contributed by atoms with Crippen LogP contribution < -0.4 is 0 Å². The molecule has 1 unspecified atom stereocenters. The minimum absolute atomic E-state index is 0.573. The van der Waals surface area contributed by atoms with E-state index in [0.29, 0.717) is 4.05 Å². The Morgan fingerprint density at radius 1 is 1.54 bits per heavy atom. The summed E-state index contributed by atoms with van der Waals surface area (Å²) < 4.78 is 0.573. The van der Waals surface area contributed by atoms with E-state index >= 15 is 0 Å². The van der Waals surface area contributed by atoms with Crippen LogP contribution in [0.2, 0.25) is 0 Å². The lowest BCUT2D eigenvalue weighted by Crippen LogP contribution is -2.11. The normalized spacial score (nSPS) is 21.9. The lowest BCUT2D eigenvalue weighted by atomic mass is 10.0. The number of nitrogens with zero attached hydrogens (tertiary/aromatic N) is 1. The van der Waals surface area contributed by atoms with E-state index in [1.807, 2.05) is 0 Å². The molecule has 1 aliphatic rings. The van der Waals surface area contributed by atoms with E-state index in [4.69, 9.17) is 0 Å². The van der Waals surface area contributed by atoms with Crippen molar-refractivity contribution in [2.75, 3.05) is 7.05 Å². The van der Waals surface area contributed by atoms with Gasteiger partial charge < -0.3 is 0 Å². The first-order valence-corrected chi connectivity index (χ1v) is 5.93. The third kappa shape index (κ3) is 1.50. The predicted molar refractivity (Wildman–Crippen MR) is 64.0 cm³/mol. The number of benzene rings is 1. The second-order valence-corrected chi connectivity index (χ2v) is 4.77. The number of alkyl halides is 1. The van der Waals surface area contributed by atoms with Crippen molar-refractivity contribution in [1.29, 1.82) is 0 Å². The molecule has 70 valence electrons. The zero-order valence-corrected chi connectivity index (χ0v) is 10.2. The van der Waals surface area contributed by atoms with Crippen LogP contribution in [-0.2, 0) is 13.0 Å². The molecular formula is C11H14IN. The standard InChI is InChI=1S/C11H14IN/c1-3-8-5-4-6-9-7-13(2)11(12)10(8)9/h4-6,11H,3,7H2,1-2H3. The smallest absolute Gasteiger partial charge is 0.0880 e. The van der Waals surface area contributed by atoms with Crippen molar-refractivity contribution in [3.8, 4) is 0 Å². The van der Waals surface area contributed by atoms with Gasteiger partial charge in [0, 0.05) is 6.54 Å². The molecular weight excluding hydrogens is 273 g/mol. The van der Waals surface area contributed by atoms with Crippen molar-refractivity contribution in [2.45, 2.75) is 23.9 Å². The fraction of sp³-hybridized carbons (Fsp3) is 0.455. The molecule has 1 atom stereocenters. The first kappa shape index (κ1) is 9.46. The molecule has 0 radical (unpaired) electrons. The number of aryl methyl sites for hydroxylation is 1. The molecule has 0 bridgehead atoms. The van der Waals surface area contributed by atoms with Crippen LogP contribution in [0.5, 0.6) is 0 Å². The maximum Gasteiger partial charge on any atom is 0.0880 e. The Morgan fingerprint density at radius 2 is 2.31 bits per heavy atom. The Hall–Kier alpha value is -0.0900. The summed E-state index contributed by atoms with van der Waals surface area (Å²) >= 11 is 2.52. The molecule has 1 heterocycles. The van der Waals surface area contributed by atoms with Gasteiger partial charge in [0.25, 0.3) is 0 Å². The molecule has 1 aromatic rings. The molecule has 0 aromatic heterocycles. The van der Waals surface area contributed by atoms with Gasteiger partial charge in [-0.25, -0.2) is 0 Å². The average Bonchev–Trinajstić information content (AvgIpc) is 2.43. The predicted octanol–water partition coefficient (Wildman–Crippen LogP) is 3.13. The Morgan fingerprint density at radius 3 is 3.00 bits per heavy atom. The zero-order chi connectivity index (χ0) is 9.42. The molecule has 1 aliphatic heterocycles. The van der Waals surface area contributed by atoms with E-state index in [0.717, 1.165) is 13.0 Å². The summed E-state index contributed by atoms with van der Waals surface area (Å²) in [4.78, 5) is 2.39. The summed E-state index contributed by atoms with van der Waals surface area (Å²) in [5.41, 5.74) is 4.59. The lowest BCUT2D eigenvalue weighted by molar-refractivity contribution is 0.356. The third-order valence-electron chi connectivity index (χ3n) is 2.71. The van der Waals surface area contributed by atoms with Crippen molar-refractivity contribution >= 4 is 22.6 Å². The third-order valence-corrected chi connectivity index (χ3v) is 4.29. The molecule has 0 saturated heterocycles. The van der Waals surface area contributed by atoms with Gasteiger partial charge >= 0.3 is 0 Å². The van der Waals surface area contributed by atoms with Crippen LogP contribution in [0.3, 0.4) is 0 Å². The Balaban J connectivity index is 2.51. The molecule has 0 saturated carbocycles. The van der Waals surface area contributed by atoms with Crippen LogP contribution >= 0.6 is 22.6 Å². The number of hydrogen-bond donors (Lipinski definition) is 0. The molecule has 0 N–H and O–H groups in total. The van der Waals surface area contributed by atoms with Crippen LogP contribution in [0, 0.1) is 0 Å². The van der Waals surface area contributed by atoms with Gasteiger partial charge in [0.05, 0.1) is 4.05 Å². The molecule has 1 aromatic carbocycles. The molecule has 0 aliphatic carbocycles.